The summed E-state index contributed by atoms with van der Waals surface area (Å²) < 4.78 is 5.91. The Hall–Kier alpha value is -0.300. The highest BCUT2D eigenvalue weighted by Gasteiger charge is 2.54. The van der Waals surface area contributed by atoms with Crippen molar-refractivity contribution in [2.45, 2.75) is 46.6 Å². The van der Waals surface area contributed by atoms with Crippen LogP contribution >= 0.6 is 0 Å². The number of ether oxygens (including phenoxy) is 1. The van der Waals surface area contributed by atoms with Crippen LogP contribution in [0, 0.1) is 17.3 Å². The van der Waals surface area contributed by atoms with E-state index in [2.05, 4.69) is 33.8 Å². The van der Waals surface area contributed by atoms with Gasteiger partial charge < -0.3 is 4.74 Å². The van der Waals surface area contributed by atoms with Crippen molar-refractivity contribution >= 4 is 0 Å². The summed E-state index contributed by atoms with van der Waals surface area (Å²) in [6.45, 7) is 10.1. The first kappa shape index (κ1) is 10.2. The maximum atomic E-state index is 5.91. The van der Waals surface area contributed by atoms with Crippen LogP contribution in [0.3, 0.4) is 0 Å². The van der Waals surface area contributed by atoms with Gasteiger partial charge in [0.1, 0.15) is 0 Å². The molecule has 0 aliphatic heterocycles. The van der Waals surface area contributed by atoms with Crippen LogP contribution < -0.4 is 0 Å². The van der Waals surface area contributed by atoms with Gasteiger partial charge in [0.25, 0.3) is 0 Å². The van der Waals surface area contributed by atoms with Crippen LogP contribution in [0.1, 0.15) is 40.5 Å². The van der Waals surface area contributed by atoms with E-state index in [1.54, 1.807) is 5.57 Å². The summed E-state index contributed by atoms with van der Waals surface area (Å²) in [5.74, 6) is 1.59. The van der Waals surface area contributed by atoms with E-state index in [-0.39, 0.29) is 0 Å². The lowest BCUT2D eigenvalue weighted by Crippen LogP contribution is -2.54. The second-order valence-corrected chi connectivity index (χ2v) is 5.46. The predicted octanol–water partition coefficient (Wildman–Crippen LogP) is 3.40. The minimum absolute atomic E-state index is 0.398. The van der Waals surface area contributed by atoms with Gasteiger partial charge in [-0.1, -0.05) is 32.4 Å². The summed E-state index contributed by atoms with van der Waals surface area (Å²) in [5, 5.41) is 0. The van der Waals surface area contributed by atoms with Crippen molar-refractivity contribution in [1.29, 1.82) is 0 Å². The smallest absolute Gasteiger partial charge is 0.0792 e. The molecule has 0 radical (unpaired) electrons. The van der Waals surface area contributed by atoms with E-state index < -0.39 is 0 Å². The third kappa shape index (κ3) is 1.33. The van der Waals surface area contributed by atoms with Gasteiger partial charge in [0.15, 0.2) is 0 Å². The van der Waals surface area contributed by atoms with E-state index in [9.17, 15) is 0 Å². The number of allylic oxidation sites excluding steroid dienone is 1. The van der Waals surface area contributed by atoms with Crippen LogP contribution in [0.5, 0.6) is 0 Å². The summed E-state index contributed by atoms with van der Waals surface area (Å²) in [6, 6.07) is 0. The topological polar surface area (TPSA) is 9.23 Å². The molecule has 1 fully saturated rings. The number of fused-ring (bicyclic) bond motifs is 1. The monoisotopic (exact) mass is 194 g/mol. The van der Waals surface area contributed by atoms with Crippen molar-refractivity contribution in [1.82, 2.24) is 0 Å². The maximum absolute atomic E-state index is 5.91. The average molecular weight is 194 g/mol. The van der Waals surface area contributed by atoms with Gasteiger partial charge in [0.2, 0.25) is 0 Å². The van der Waals surface area contributed by atoms with Crippen molar-refractivity contribution < 1.29 is 4.74 Å². The average Bonchev–Trinajstić information content (AvgIpc) is 2.13. The van der Waals surface area contributed by atoms with E-state index in [0.717, 1.165) is 24.9 Å². The summed E-state index contributed by atoms with van der Waals surface area (Å²) >= 11 is 0. The summed E-state index contributed by atoms with van der Waals surface area (Å²) in [6.07, 6.45) is 5.23. The van der Waals surface area contributed by atoms with Crippen LogP contribution in [0.25, 0.3) is 0 Å². The molecule has 80 valence electrons. The first-order valence-electron chi connectivity index (χ1n) is 5.87. The highest BCUT2D eigenvalue weighted by atomic mass is 16.5. The van der Waals surface area contributed by atoms with Crippen LogP contribution in [-0.2, 0) is 4.74 Å². The molecule has 1 heteroatoms. The molecule has 3 unspecified atom stereocenters. The van der Waals surface area contributed by atoms with Crippen molar-refractivity contribution in [2.24, 2.45) is 17.3 Å². The lowest BCUT2D eigenvalue weighted by molar-refractivity contribution is -0.103. The van der Waals surface area contributed by atoms with Crippen LogP contribution in [-0.4, -0.2) is 12.7 Å². The third-order valence-corrected chi connectivity index (χ3v) is 4.23. The Balaban J connectivity index is 2.09. The maximum Gasteiger partial charge on any atom is 0.0792 e. The molecule has 0 spiro atoms. The number of hydrogen-bond acceptors (Lipinski definition) is 1. The third-order valence-electron chi connectivity index (χ3n) is 4.23. The molecular weight excluding hydrogens is 172 g/mol. The highest BCUT2D eigenvalue weighted by Crippen LogP contribution is 2.59. The minimum atomic E-state index is 0.398. The molecule has 0 heterocycles. The Labute approximate surface area is 87.5 Å². The van der Waals surface area contributed by atoms with E-state index in [4.69, 9.17) is 4.74 Å². The molecule has 1 saturated carbocycles. The highest BCUT2D eigenvalue weighted by molar-refractivity contribution is 5.25. The van der Waals surface area contributed by atoms with Crippen molar-refractivity contribution in [3.05, 3.63) is 11.6 Å². The van der Waals surface area contributed by atoms with Gasteiger partial charge in [-0.05, 0) is 37.0 Å². The van der Waals surface area contributed by atoms with Gasteiger partial charge in [-0.3, -0.25) is 0 Å². The fraction of sp³-hybridized carbons (Fsp3) is 0.846. The molecule has 0 N–H and O–H groups in total. The molecule has 14 heavy (non-hydrogen) atoms. The zero-order chi connectivity index (χ0) is 10.3. The molecule has 0 aromatic carbocycles. The molecule has 1 nitrogen and oxygen atoms in total. The normalized spacial score (nSPS) is 38.9. The van der Waals surface area contributed by atoms with Gasteiger partial charge in [-0.15, -0.1) is 0 Å². The molecule has 0 amide bonds. The first-order valence-corrected chi connectivity index (χ1v) is 5.87. The van der Waals surface area contributed by atoms with E-state index in [0.29, 0.717) is 11.5 Å². The minimum Gasteiger partial charge on any atom is -0.374 e. The SMILES string of the molecule is CCCOC1C=C(C)C2CC1C2(C)C. The Bertz CT molecular complexity index is 252. The molecule has 0 saturated heterocycles. The largest absolute Gasteiger partial charge is 0.374 e. The molecule has 3 rings (SSSR count). The molecule has 3 aliphatic rings. The molecular formula is C13H22O. The van der Waals surface area contributed by atoms with Crippen LogP contribution in [0.15, 0.2) is 11.6 Å². The Kier molecular flexibility index (Phi) is 2.46. The van der Waals surface area contributed by atoms with Crippen molar-refractivity contribution in [3.63, 3.8) is 0 Å². The fourth-order valence-electron chi connectivity index (χ4n) is 3.20. The zero-order valence-electron chi connectivity index (χ0n) is 9.84. The van der Waals surface area contributed by atoms with E-state index >= 15 is 0 Å². The summed E-state index contributed by atoms with van der Waals surface area (Å²) in [4.78, 5) is 0. The lowest BCUT2D eigenvalue weighted by Gasteiger charge is -2.58. The Morgan fingerprint density at radius 2 is 2.21 bits per heavy atom. The molecule has 0 aromatic heterocycles. The number of rotatable bonds is 3. The fourth-order valence-corrected chi connectivity index (χ4v) is 3.20. The van der Waals surface area contributed by atoms with Crippen LogP contribution in [0.2, 0.25) is 0 Å². The standard InChI is InChI=1S/C13H22O/c1-5-6-14-12-7-9(2)10-8-11(12)13(10,3)4/h7,10-12H,5-6,8H2,1-4H3. The van der Waals surface area contributed by atoms with E-state index in [1.165, 1.54) is 6.42 Å². The van der Waals surface area contributed by atoms with Gasteiger partial charge in [0, 0.05) is 6.61 Å². The molecule has 0 aromatic rings. The Morgan fingerprint density at radius 3 is 2.71 bits per heavy atom. The van der Waals surface area contributed by atoms with Crippen molar-refractivity contribution in [2.75, 3.05) is 6.61 Å². The zero-order valence-corrected chi connectivity index (χ0v) is 9.84. The predicted molar refractivity (Wildman–Crippen MR) is 59.2 cm³/mol. The second-order valence-electron chi connectivity index (χ2n) is 5.46. The Morgan fingerprint density at radius 1 is 1.50 bits per heavy atom. The summed E-state index contributed by atoms with van der Waals surface area (Å²) in [7, 11) is 0. The van der Waals surface area contributed by atoms with E-state index in [1.807, 2.05) is 0 Å². The number of hydrogen-bond donors (Lipinski definition) is 0. The molecule has 2 bridgehead atoms. The summed E-state index contributed by atoms with van der Waals surface area (Å²) in [5.41, 5.74) is 2.04. The van der Waals surface area contributed by atoms with Crippen LogP contribution in [0.4, 0.5) is 0 Å². The second kappa shape index (κ2) is 3.37. The quantitative estimate of drug-likeness (QED) is 0.626. The lowest BCUT2D eigenvalue weighted by atomic mass is 9.48. The first-order chi connectivity index (χ1) is 6.57. The van der Waals surface area contributed by atoms with Crippen molar-refractivity contribution in [3.8, 4) is 0 Å². The molecule has 3 atom stereocenters. The van der Waals surface area contributed by atoms with Gasteiger partial charge in [-0.25, -0.2) is 0 Å². The molecule has 3 aliphatic carbocycles. The van der Waals surface area contributed by atoms with Gasteiger partial charge in [-0.2, -0.15) is 0 Å². The van der Waals surface area contributed by atoms with Gasteiger partial charge >= 0.3 is 0 Å². The van der Waals surface area contributed by atoms with Gasteiger partial charge in [0.05, 0.1) is 6.10 Å².